The van der Waals surface area contributed by atoms with E-state index in [1.807, 2.05) is 0 Å². The average molecular weight is 164 g/mol. The number of rotatable bonds is 2. The van der Waals surface area contributed by atoms with Crippen LogP contribution in [0.5, 0.6) is 0 Å². The predicted molar refractivity (Wildman–Crippen MR) is 37.9 cm³/mol. The summed E-state index contributed by atoms with van der Waals surface area (Å²) in [7, 11) is 0. The highest BCUT2D eigenvalue weighted by atomic mass is 35.5. The second-order valence-corrected chi connectivity index (χ2v) is 3.00. The zero-order valence-corrected chi connectivity index (χ0v) is 6.24. The molecule has 0 aliphatic heterocycles. The molecule has 0 bridgehead atoms. The van der Waals surface area contributed by atoms with Crippen LogP contribution in [0.2, 0.25) is 4.34 Å². The minimum absolute atomic E-state index is 0.115. The summed E-state index contributed by atoms with van der Waals surface area (Å²) >= 11 is 7.05. The van der Waals surface area contributed by atoms with Crippen molar-refractivity contribution < 1.29 is 5.11 Å². The van der Waals surface area contributed by atoms with Gasteiger partial charge in [-0.05, 0) is 0 Å². The minimum Gasteiger partial charge on any atom is -0.396 e. The van der Waals surface area contributed by atoms with E-state index in [0.29, 0.717) is 10.8 Å². The van der Waals surface area contributed by atoms with Crippen LogP contribution < -0.4 is 0 Å². The van der Waals surface area contributed by atoms with Crippen molar-refractivity contribution in [2.45, 2.75) is 6.42 Å². The van der Waals surface area contributed by atoms with Gasteiger partial charge in [0.25, 0.3) is 0 Å². The maximum absolute atomic E-state index is 8.47. The Labute approximate surface area is 62.1 Å². The Kier molecular flexibility index (Phi) is 2.45. The van der Waals surface area contributed by atoms with Crippen molar-refractivity contribution in [3.8, 4) is 0 Å². The Morgan fingerprint density at radius 2 is 2.56 bits per heavy atom. The molecule has 0 aliphatic carbocycles. The molecule has 9 heavy (non-hydrogen) atoms. The highest BCUT2D eigenvalue weighted by molar-refractivity contribution is 7.14. The first-order valence-electron chi connectivity index (χ1n) is 2.53. The number of hydrogen-bond acceptors (Lipinski definition) is 3. The van der Waals surface area contributed by atoms with Gasteiger partial charge in [0.1, 0.15) is 4.34 Å². The lowest BCUT2D eigenvalue weighted by Gasteiger charge is -1.88. The van der Waals surface area contributed by atoms with Crippen LogP contribution >= 0.6 is 22.9 Å². The molecule has 0 fully saturated rings. The summed E-state index contributed by atoms with van der Waals surface area (Å²) in [5.41, 5.74) is 2.47. The minimum atomic E-state index is 0.115. The number of nitrogens with zero attached hydrogens (tertiary/aromatic N) is 1. The van der Waals surface area contributed by atoms with E-state index < -0.39 is 0 Å². The van der Waals surface area contributed by atoms with E-state index in [-0.39, 0.29) is 6.61 Å². The standard InChI is InChI=1S/C5H6ClNOS/c6-5-4(1-2-8)7-3-9-5/h3,8H,1-2H2. The summed E-state index contributed by atoms with van der Waals surface area (Å²) in [6.07, 6.45) is 0.558. The lowest BCUT2D eigenvalue weighted by atomic mass is 10.4. The van der Waals surface area contributed by atoms with Crippen molar-refractivity contribution in [3.63, 3.8) is 0 Å². The molecule has 0 spiro atoms. The summed E-state index contributed by atoms with van der Waals surface area (Å²) < 4.78 is 0.684. The van der Waals surface area contributed by atoms with Crippen molar-refractivity contribution in [1.29, 1.82) is 0 Å². The summed E-state index contributed by atoms with van der Waals surface area (Å²) in [6, 6.07) is 0. The Morgan fingerprint density at radius 3 is 3.00 bits per heavy atom. The molecule has 0 saturated heterocycles. The second-order valence-electron chi connectivity index (χ2n) is 1.55. The van der Waals surface area contributed by atoms with Crippen LogP contribution in [0.15, 0.2) is 5.51 Å². The summed E-state index contributed by atoms with van der Waals surface area (Å²) in [5, 5.41) is 8.47. The maximum Gasteiger partial charge on any atom is 0.116 e. The third kappa shape index (κ3) is 1.64. The lowest BCUT2D eigenvalue weighted by molar-refractivity contribution is 0.298. The van der Waals surface area contributed by atoms with E-state index in [4.69, 9.17) is 16.7 Å². The fourth-order valence-electron chi connectivity index (χ4n) is 0.524. The van der Waals surface area contributed by atoms with E-state index in [0.717, 1.165) is 5.69 Å². The van der Waals surface area contributed by atoms with Gasteiger partial charge in [-0.15, -0.1) is 11.3 Å². The average Bonchev–Trinajstić information content (AvgIpc) is 2.18. The van der Waals surface area contributed by atoms with Crippen LogP contribution in [0, 0.1) is 0 Å². The van der Waals surface area contributed by atoms with Crippen molar-refractivity contribution >= 4 is 22.9 Å². The van der Waals surface area contributed by atoms with Gasteiger partial charge >= 0.3 is 0 Å². The fourth-order valence-corrected chi connectivity index (χ4v) is 1.35. The van der Waals surface area contributed by atoms with Crippen molar-refractivity contribution in [2.75, 3.05) is 6.61 Å². The number of aliphatic hydroxyl groups excluding tert-OH is 1. The van der Waals surface area contributed by atoms with Gasteiger partial charge in [0.15, 0.2) is 0 Å². The van der Waals surface area contributed by atoms with Gasteiger partial charge in [-0.25, -0.2) is 4.98 Å². The van der Waals surface area contributed by atoms with Crippen molar-refractivity contribution in [2.24, 2.45) is 0 Å². The van der Waals surface area contributed by atoms with Gasteiger partial charge in [-0.3, -0.25) is 0 Å². The van der Waals surface area contributed by atoms with Gasteiger partial charge in [-0.2, -0.15) is 0 Å². The zero-order valence-electron chi connectivity index (χ0n) is 4.67. The summed E-state index contributed by atoms with van der Waals surface area (Å²) in [4.78, 5) is 3.93. The molecule has 0 unspecified atom stereocenters. The van der Waals surface area contributed by atoms with E-state index in [1.165, 1.54) is 11.3 Å². The van der Waals surface area contributed by atoms with Crippen LogP contribution in [0.1, 0.15) is 5.69 Å². The van der Waals surface area contributed by atoms with E-state index in [9.17, 15) is 0 Å². The number of thiazole rings is 1. The molecule has 0 aliphatic rings. The number of aliphatic hydroxyl groups is 1. The Bertz CT molecular complexity index is 189. The highest BCUT2D eigenvalue weighted by Gasteiger charge is 2.00. The van der Waals surface area contributed by atoms with Gasteiger partial charge in [0.05, 0.1) is 11.2 Å². The SMILES string of the molecule is OCCc1ncsc1Cl. The number of hydrogen-bond donors (Lipinski definition) is 1. The van der Waals surface area contributed by atoms with Crippen LogP contribution in [-0.2, 0) is 6.42 Å². The molecule has 0 saturated carbocycles. The third-order valence-electron chi connectivity index (χ3n) is 0.940. The topological polar surface area (TPSA) is 33.1 Å². The van der Waals surface area contributed by atoms with Gasteiger partial charge in [0.2, 0.25) is 0 Å². The van der Waals surface area contributed by atoms with Crippen molar-refractivity contribution in [3.05, 3.63) is 15.5 Å². The lowest BCUT2D eigenvalue weighted by Crippen LogP contribution is -1.89. The molecule has 1 aromatic heterocycles. The molecule has 2 nitrogen and oxygen atoms in total. The molecule has 0 amide bonds. The van der Waals surface area contributed by atoms with Crippen LogP contribution in [0.25, 0.3) is 0 Å². The van der Waals surface area contributed by atoms with Crippen LogP contribution in [0.4, 0.5) is 0 Å². The molecule has 1 N–H and O–H groups in total. The first-order valence-corrected chi connectivity index (χ1v) is 3.79. The molecule has 1 heterocycles. The molecule has 1 aromatic rings. The molecule has 0 radical (unpaired) electrons. The summed E-state index contributed by atoms with van der Waals surface area (Å²) in [5.74, 6) is 0. The molecule has 0 aromatic carbocycles. The maximum atomic E-state index is 8.47. The Morgan fingerprint density at radius 1 is 1.78 bits per heavy atom. The Hall–Kier alpha value is -0.120. The van der Waals surface area contributed by atoms with Crippen LogP contribution in [0.3, 0.4) is 0 Å². The first kappa shape index (κ1) is 6.99. The highest BCUT2D eigenvalue weighted by Crippen LogP contribution is 2.19. The number of halogens is 1. The van der Waals surface area contributed by atoms with E-state index in [1.54, 1.807) is 5.51 Å². The molecular weight excluding hydrogens is 158 g/mol. The van der Waals surface area contributed by atoms with Gasteiger partial charge in [0, 0.05) is 13.0 Å². The van der Waals surface area contributed by atoms with Crippen molar-refractivity contribution in [1.82, 2.24) is 4.98 Å². The molecule has 1 rings (SSSR count). The second kappa shape index (κ2) is 3.15. The van der Waals surface area contributed by atoms with Gasteiger partial charge in [-0.1, -0.05) is 11.6 Å². The molecule has 0 atom stereocenters. The summed E-state index contributed by atoms with van der Waals surface area (Å²) in [6.45, 7) is 0.115. The quantitative estimate of drug-likeness (QED) is 0.714. The third-order valence-corrected chi connectivity index (χ3v) is 2.08. The smallest absolute Gasteiger partial charge is 0.116 e. The zero-order chi connectivity index (χ0) is 6.69. The normalized spacial score (nSPS) is 10.0. The fraction of sp³-hybridized carbons (Fsp3) is 0.400. The van der Waals surface area contributed by atoms with E-state index in [2.05, 4.69) is 4.98 Å². The number of aromatic nitrogens is 1. The van der Waals surface area contributed by atoms with Crippen LogP contribution in [-0.4, -0.2) is 16.7 Å². The largest absolute Gasteiger partial charge is 0.396 e. The first-order chi connectivity index (χ1) is 4.34. The monoisotopic (exact) mass is 163 g/mol. The molecule has 50 valence electrons. The van der Waals surface area contributed by atoms with E-state index >= 15 is 0 Å². The van der Waals surface area contributed by atoms with Gasteiger partial charge < -0.3 is 5.11 Å². The molecular formula is C5H6ClNOS. The molecule has 4 heteroatoms. The predicted octanol–water partition coefficient (Wildman–Crippen LogP) is 1.33. The Balaban J connectivity index is 2.69.